The summed E-state index contributed by atoms with van der Waals surface area (Å²) < 4.78 is 52.4. The average Bonchev–Trinajstić information content (AvgIpc) is 2.40. The molecule has 1 aliphatic rings. The second-order valence-corrected chi connectivity index (χ2v) is 4.86. The number of alkyl halides is 3. The number of rotatable bonds is 3. The van der Waals surface area contributed by atoms with Crippen LogP contribution in [0, 0.1) is 15.9 Å². The van der Waals surface area contributed by atoms with E-state index >= 15 is 0 Å². The van der Waals surface area contributed by atoms with Crippen molar-refractivity contribution in [3.63, 3.8) is 0 Å². The number of halogens is 4. The number of amidine groups is 1. The fraction of sp³-hybridized carbons (Fsp3) is 0.333. The van der Waals surface area contributed by atoms with Gasteiger partial charge in [-0.25, -0.2) is 14.4 Å². The molecule has 23 heavy (non-hydrogen) atoms. The Balaban J connectivity index is 2.56. The standard InChI is InChI=1S/C12H11F4N5O2/c13-7-1-2-8(12(14,15)16)6(3-7)4-11(21(22)23)5-19-10(18)20-9(11)17/h1-3,5,10H,4,18H2,(H2,17,20). The van der Waals surface area contributed by atoms with E-state index in [0.29, 0.717) is 18.2 Å². The van der Waals surface area contributed by atoms with E-state index in [9.17, 15) is 27.7 Å². The topological polar surface area (TPSA) is 120 Å². The highest BCUT2D eigenvalue weighted by molar-refractivity contribution is 6.05. The van der Waals surface area contributed by atoms with Gasteiger partial charge in [0.1, 0.15) is 5.82 Å². The molecule has 1 aliphatic heterocycles. The van der Waals surface area contributed by atoms with Crippen LogP contribution in [0.15, 0.2) is 28.2 Å². The van der Waals surface area contributed by atoms with Crippen LogP contribution in [0.5, 0.6) is 0 Å². The van der Waals surface area contributed by atoms with Crippen molar-refractivity contribution in [2.45, 2.75) is 24.4 Å². The summed E-state index contributed by atoms with van der Waals surface area (Å²) in [6.45, 7) is 0. The Morgan fingerprint density at radius 1 is 1.39 bits per heavy atom. The van der Waals surface area contributed by atoms with E-state index in [0.717, 1.165) is 6.21 Å². The largest absolute Gasteiger partial charge is 0.416 e. The van der Waals surface area contributed by atoms with Gasteiger partial charge in [0.15, 0.2) is 12.1 Å². The molecule has 0 fully saturated rings. The van der Waals surface area contributed by atoms with Gasteiger partial charge >= 0.3 is 11.7 Å². The molecule has 0 saturated heterocycles. The van der Waals surface area contributed by atoms with Gasteiger partial charge in [-0.2, -0.15) is 13.2 Å². The van der Waals surface area contributed by atoms with Crippen LogP contribution in [-0.2, 0) is 12.6 Å². The molecule has 124 valence electrons. The van der Waals surface area contributed by atoms with Crippen LogP contribution in [0.2, 0.25) is 0 Å². The van der Waals surface area contributed by atoms with Crippen LogP contribution in [0.25, 0.3) is 0 Å². The number of aliphatic imine (C=N–C) groups is 2. The molecule has 0 saturated carbocycles. The van der Waals surface area contributed by atoms with Crippen molar-refractivity contribution in [2.75, 3.05) is 0 Å². The molecule has 0 aromatic heterocycles. The second kappa shape index (κ2) is 5.57. The fourth-order valence-corrected chi connectivity index (χ4v) is 2.17. The van der Waals surface area contributed by atoms with E-state index in [4.69, 9.17) is 11.5 Å². The van der Waals surface area contributed by atoms with Crippen LogP contribution in [-0.4, -0.2) is 28.8 Å². The maximum absolute atomic E-state index is 13.3. The number of nitrogens with two attached hydrogens (primary N) is 2. The van der Waals surface area contributed by atoms with Gasteiger partial charge in [-0.3, -0.25) is 15.8 Å². The molecule has 1 heterocycles. The Morgan fingerprint density at radius 2 is 2.04 bits per heavy atom. The van der Waals surface area contributed by atoms with Gasteiger partial charge < -0.3 is 5.73 Å². The number of nitrogens with zero attached hydrogens (tertiary/aromatic N) is 3. The SMILES string of the molecule is NC1=NC(N)N=CC1(Cc1cc(F)ccc1C(F)(F)F)[N+](=O)[O-]. The van der Waals surface area contributed by atoms with Crippen molar-refractivity contribution in [2.24, 2.45) is 21.5 Å². The van der Waals surface area contributed by atoms with Crippen molar-refractivity contribution in [3.05, 3.63) is 45.3 Å². The highest BCUT2D eigenvalue weighted by Crippen LogP contribution is 2.34. The third-order valence-corrected chi connectivity index (χ3v) is 3.31. The third kappa shape index (κ3) is 3.13. The van der Waals surface area contributed by atoms with Gasteiger partial charge in [0.2, 0.25) is 0 Å². The minimum atomic E-state index is -4.81. The maximum Gasteiger partial charge on any atom is 0.416 e. The van der Waals surface area contributed by atoms with Gasteiger partial charge in [-0.15, -0.1) is 0 Å². The Bertz CT molecular complexity index is 703. The van der Waals surface area contributed by atoms with Gasteiger partial charge in [-0.05, 0) is 23.8 Å². The second-order valence-electron chi connectivity index (χ2n) is 4.86. The van der Waals surface area contributed by atoms with Crippen molar-refractivity contribution in [3.8, 4) is 0 Å². The first-order valence-corrected chi connectivity index (χ1v) is 6.20. The lowest BCUT2D eigenvalue weighted by atomic mass is 9.88. The fourth-order valence-electron chi connectivity index (χ4n) is 2.17. The van der Waals surface area contributed by atoms with E-state index in [1.54, 1.807) is 0 Å². The van der Waals surface area contributed by atoms with Crippen LogP contribution < -0.4 is 11.5 Å². The molecule has 11 heteroatoms. The summed E-state index contributed by atoms with van der Waals surface area (Å²) in [4.78, 5) is 17.5. The third-order valence-electron chi connectivity index (χ3n) is 3.31. The monoisotopic (exact) mass is 333 g/mol. The molecule has 2 atom stereocenters. The van der Waals surface area contributed by atoms with Crippen LogP contribution in [0.1, 0.15) is 11.1 Å². The molecule has 0 aliphatic carbocycles. The number of hydrogen-bond acceptors (Lipinski definition) is 6. The Morgan fingerprint density at radius 3 is 2.57 bits per heavy atom. The zero-order valence-corrected chi connectivity index (χ0v) is 11.4. The minimum absolute atomic E-state index is 0.511. The van der Waals surface area contributed by atoms with E-state index in [2.05, 4.69) is 9.98 Å². The summed E-state index contributed by atoms with van der Waals surface area (Å²) in [6, 6.07) is 1.70. The normalized spacial score (nSPS) is 24.4. The molecule has 0 bridgehead atoms. The molecule has 1 aromatic carbocycles. The molecular weight excluding hydrogens is 322 g/mol. The Hall–Kier alpha value is -2.56. The van der Waals surface area contributed by atoms with E-state index in [1.807, 2.05) is 0 Å². The Kier molecular flexibility index (Phi) is 4.07. The van der Waals surface area contributed by atoms with Gasteiger partial charge in [0.05, 0.1) is 18.2 Å². The zero-order valence-electron chi connectivity index (χ0n) is 11.4. The highest BCUT2D eigenvalue weighted by Gasteiger charge is 2.50. The molecule has 7 nitrogen and oxygen atoms in total. The molecule has 0 radical (unpaired) electrons. The average molecular weight is 333 g/mol. The lowest BCUT2D eigenvalue weighted by molar-refractivity contribution is -0.524. The highest BCUT2D eigenvalue weighted by atomic mass is 19.4. The Labute approximate surface area is 126 Å². The first-order valence-electron chi connectivity index (χ1n) is 6.20. The van der Waals surface area contributed by atoms with Crippen molar-refractivity contribution >= 4 is 12.1 Å². The maximum atomic E-state index is 13.3. The number of benzene rings is 1. The number of hydrogen-bond donors (Lipinski definition) is 2. The van der Waals surface area contributed by atoms with Crippen molar-refractivity contribution < 1.29 is 22.5 Å². The summed E-state index contributed by atoms with van der Waals surface area (Å²) in [7, 11) is 0. The van der Waals surface area contributed by atoms with Crippen LogP contribution in [0.3, 0.4) is 0 Å². The molecule has 1 aromatic rings. The molecule has 0 amide bonds. The summed E-state index contributed by atoms with van der Waals surface area (Å²) in [5.41, 5.74) is 6.70. The summed E-state index contributed by atoms with van der Waals surface area (Å²) >= 11 is 0. The molecule has 4 N–H and O–H groups in total. The first-order chi connectivity index (χ1) is 10.6. The number of nitro groups is 1. The molecular formula is C12H11F4N5O2. The van der Waals surface area contributed by atoms with E-state index in [-0.39, 0.29) is 0 Å². The van der Waals surface area contributed by atoms with Crippen LogP contribution >= 0.6 is 0 Å². The van der Waals surface area contributed by atoms with Crippen molar-refractivity contribution in [1.29, 1.82) is 0 Å². The van der Waals surface area contributed by atoms with Gasteiger partial charge in [-0.1, -0.05) is 0 Å². The predicted molar refractivity (Wildman–Crippen MR) is 72.9 cm³/mol. The lowest BCUT2D eigenvalue weighted by Gasteiger charge is -2.25. The summed E-state index contributed by atoms with van der Waals surface area (Å²) in [5.74, 6) is -1.56. The van der Waals surface area contributed by atoms with Gasteiger partial charge in [0.25, 0.3) is 0 Å². The predicted octanol–water partition coefficient (Wildman–Crippen LogP) is 1.09. The summed E-state index contributed by atoms with van der Waals surface area (Å²) in [6.07, 6.45) is -6.10. The van der Waals surface area contributed by atoms with E-state index in [1.165, 1.54) is 0 Å². The first kappa shape index (κ1) is 16.8. The van der Waals surface area contributed by atoms with Gasteiger partial charge in [0, 0.05) is 4.92 Å². The smallest absolute Gasteiger partial charge is 0.381 e. The lowest BCUT2D eigenvalue weighted by Crippen LogP contribution is -2.56. The molecule has 2 unspecified atom stereocenters. The zero-order chi connectivity index (χ0) is 17.4. The summed E-state index contributed by atoms with van der Waals surface area (Å²) in [5, 5.41) is 11.4. The molecule has 0 spiro atoms. The minimum Gasteiger partial charge on any atom is -0.381 e. The van der Waals surface area contributed by atoms with Crippen molar-refractivity contribution in [1.82, 2.24) is 0 Å². The van der Waals surface area contributed by atoms with Crippen LogP contribution in [0.4, 0.5) is 17.6 Å². The molecule has 2 rings (SSSR count). The van der Waals surface area contributed by atoms with E-state index < -0.39 is 52.1 Å². The quantitative estimate of drug-likeness (QED) is 0.488.